The van der Waals surface area contributed by atoms with E-state index in [1.54, 1.807) is 36.4 Å². The van der Waals surface area contributed by atoms with Crippen LogP contribution in [0.25, 0.3) is 0 Å². The first-order chi connectivity index (χ1) is 13.3. The van der Waals surface area contributed by atoms with Gasteiger partial charge in [0.25, 0.3) is 5.91 Å². The molecular formula is C21H20BrNO5. The third kappa shape index (κ3) is 3.31. The lowest BCUT2D eigenvalue weighted by atomic mass is 9.88. The average Bonchev–Trinajstić information content (AvgIpc) is 2.89. The number of carbonyl (C=O) groups is 2. The Hall–Kier alpha value is -2.64. The third-order valence-corrected chi connectivity index (χ3v) is 5.22. The molecule has 0 unspecified atom stereocenters. The quantitative estimate of drug-likeness (QED) is 0.521. The molecule has 0 aliphatic carbocycles. The van der Waals surface area contributed by atoms with Crippen LogP contribution in [0.3, 0.4) is 0 Å². The summed E-state index contributed by atoms with van der Waals surface area (Å²) in [4.78, 5) is 27.5. The van der Waals surface area contributed by atoms with Gasteiger partial charge in [0.15, 0.2) is 11.4 Å². The highest BCUT2D eigenvalue weighted by Crippen LogP contribution is 2.44. The number of rotatable bonds is 7. The van der Waals surface area contributed by atoms with E-state index in [0.29, 0.717) is 27.2 Å². The van der Waals surface area contributed by atoms with Gasteiger partial charge in [-0.2, -0.15) is 0 Å². The Bertz CT molecular complexity index is 958. The van der Waals surface area contributed by atoms with Crippen molar-refractivity contribution >= 4 is 33.3 Å². The topological polar surface area (TPSA) is 76.1 Å². The van der Waals surface area contributed by atoms with E-state index in [2.05, 4.69) is 22.5 Å². The summed E-state index contributed by atoms with van der Waals surface area (Å²) in [6.07, 6.45) is 1.15. The molecule has 146 valence electrons. The van der Waals surface area contributed by atoms with E-state index >= 15 is 0 Å². The largest absolute Gasteiger partial charge is 0.497 e. The Morgan fingerprint density at radius 3 is 2.64 bits per heavy atom. The standard InChI is InChI=1S/C21H20BrNO5/c1-4-9-23-17-7-5-13(22)10-16(17)21(26,20(23)25)12-18(24)15-11-14(27-2)6-8-19(15)28-3/h4-8,10-11,26H,1,9,12H2,2-3H3/t21-/m1/s1. The first-order valence-corrected chi connectivity index (χ1v) is 9.35. The second kappa shape index (κ2) is 7.77. The molecule has 1 aliphatic heterocycles. The molecule has 1 N–H and O–H groups in total. The zero-order valence-corrected chi connectivity index (χ0v) is 17.2. The number of halogens is 1. The second-order valence-corrected chi connectivity index (χ2v) is 7.31. The van der Waals surface area contributed by atoms with E-state index in [1.807, 2.05) is 0 Å². The van der Waals surface area contributed by atoms with E-state index < -0.39 is 23.7 Å². The Balaban J connectivity index is 2.04. The summed E-state index contributed by atoms with van der Waals surface area (Å²) in [6.45, 7) is 3.89. The molecule has 6 nitrogen and oxygen atoms in total. The predicted molar refractivity (Wildman–Crippen MR) is 109 cm³/mol. The molecule has 0 aromatic heterocycles. The average molecular weight is 446 g/mol. The minimum Gasteiger partial charge on any atom is -0.497 e. The van der Waals surface area contributed by atoms with Crippen LogP contribution in [0.15, 0.2) is 53.5 Å². The van der Waals surface area contributed by atoms with Crippen molar-refractivity contribution in [1.29, 1.82) is 0 Å². The van der Waals surface area contributed by atoms with Crippen molar-refractivity contribution in [3.63, 3.8) is 0 Å². The minimum absolute atomic E-state index is 0.229. The maximum Gasteiger partial charge on any atom is 0.264 e. The maximum absolute atomic E-state index is 13.1. The van der Waals surface area contributed by atoms with Crippen LogP contribution in [0.5, 0.6) is 11.5 Å². The summed E-state index contributed by atoms with van der Waals surface area (Å²) < 4.78 is 11.1. The molecule has 28 heavy (non-hydrogen) atoms. The van der Waals surface area contributed by atoms with Crippen molar-refractivity contribution in [2.24, 2.45) is 0 Å². The van der Waals surface area contributed by atoms with E-state index in [9.17, 15) is 14.7 Å². The van der Waals surface area contributed by atoms with Gasteiger partial charge in [-0.15, -0.1) is 6.58 Å². The Morgan fingerprint density at radius 2 is 2.00 bits per heavy atom. The highest BCUT2D eigenvalue weighted by atomic mass is 79.9. The highest BCUT2D eigenvalue weighted by molar-refractivity contribution is 9.10. The third-order valence-electron chi connectivity index (χ3n) is 4.73. The van der Waals surface area contributed by atoms with Gasteiger partial charge in [0.1, 0.15) is 11.5 Å². The van der Waals surface area contributed by atoms with Crippen LogP contribution >= 0.6 is 15.9 Å². The van der Waals surface area contributed by atoms with Gasteiger partial charge >= 0.3 is 0 Å². The monoisotopic (exact) mass is 445 g/mol. The lowest BCUT2D eigenvalue weighted by Gasteiger charge is -2.22. The van der Waals surface area contributed by atoms with Crippen LogP contribution in [0.2, 0.25) is 0 Å². The molecule has 1 aliphatic rings. The summed E-state index contributed by atoms with van der Waals surface area (Å²) in [7, 11) is 2.94. The number of anilines is 1. The lowest BCUT2D eigenvalue weighted by Crippen LogP contribution is -2.42. The number of hydrogen-bond acceptors (Lipinski definition) is 5. The number of nitrogens with zero attached hydrogens (tertiary/aromatic N) is 1. The fraction of sp³-hybridized carbons (Fsp3) is 0.238. The number of methoxy groups -OCH3 is 2. The zero-order valence-electron chi connectivity index (χ0n) is 15.6. The van der Waals surface area contributed by atoms with Gasteiger partial charge in [-0.3, -0.25) is 9.59 Å². The van der Waals surface area contributed by atoms with Gasteiger partial charge in [0, 0.05) is 16.6 Å². The molecule has 1 atom stereocenters. The van der Waals surface area contributed by atoms with Gasteiger partial charge in [-0.1, -0.05) is 22.0 Å². The molecule has 0 saturated carbocycles. The van der Waals surface area contributed by atoms with Crippen molar-refractivity contribution in [2.45, 2.75) is 12.0 Å². The molecule has 0 spiro atoms. The van der Waals surface area contributed by atoms with Gasteiger partial charge < -0.3 is 19.5 Å². The van der Waals surface area contributed by atoms with Crippen LogP contribution in [0.1, 0.15) is 22.3 Å². The molecule has 7 heteroatoms. The molecule has 0 saturated heterocycles. The second-order valence-electron chi connectivity index (χ2n) is 6.39. The minimum atomic E-state index is -1.98. The van der Waals surface area contributed by atoms with Crippen LogP contribution in [0, 0.1) is 0 Å². The van der Waals surface area contributed by atoms with Crippen LogP contribution in [0.4, 0.5) is 5.69 Å². The van der Waals surface area contributed by atoms with Crippen LogP contribution < -0.4 is 14.4 Å². The number of hydrogen-bond donors (Lipinski definition) is 1. The highest BCUT2D eigenvalue weighted by Gasteiger charge is 2.51. The van der Waals surface area contributed by atoms with Crippen molar-refractivity contribution in [1.82, 2.24) is 0 Å². The molecule has 0 fully saturated rings. The smallest absolute Gasteiger partial charge is 0.264 e. The number of Topliss-reactive ketones (excluding diaryl/α,β-unsaturated/α-hetero) is 1. The SMILES string of the molecule is C=CCN1C(=O)[C@@](O)(CC(=O)c2cc(OC)ccc2OC)c2cc(Br)ccc21. The molecule has 2 aromatic carbocycles. The van der Waals surface area contributed by atoms with Gasteiger partial charge in [0.2, 0.25) is 0 Å². The molecule has 3 rings (SSSR count). The van der Waals surface area contributed by atoms with E-state index in [-0.39, 0.29) is 12.1 Å². The molecule has 1 amide bonds. The van der Waals surface area contributed by atoms with Gasteiger partial charge in [-0.25, -0.2) is 0 Å². The number of aliphatic hydroxyl groups is 1. The Morgan fingerprint density at radius 1 is 1.25 bits per heavy atom. The number of ether oxygens (including phenoxy) is 2. The number of amides is 1. The van der Waals surface area contributed by atoms with Crippen LogP contribution in [-0.4, -0.2) is 37.6 Å². The lowest BCUT2D eigenvalue weighted by molar-refractivity contribution is -0.135. The van der Waals surface area contributed by atoms with E-state index in [4.69, 9.17) is 9.47 Å². The van der Waals surface area contributed by atoms with Gasteiger partial charge in [-0.05, 0) is 36.4 Å². The first-order valence-electron chi connectivity index (χ1n) is 8.56. The number of benzene rings is 2. The van der Waals surface area contributed by atoms with E-state index in [1.165, 1.54) is 25.2 Å². The summed E-state index contributed by atoms with van der Waals surface area (Å²) in [5.74, 6) is -0.170. The molecular weight excluding hydrogens is 426 g/mol. The number of carbonyl (C=O) groups excluding carboxylic acids is 2. The maximum atomic E-state index is 13.1. The van der Waals surface area contributed by atoms with Crippen LogP contribution in [-0.2, 0) is 10.4 Å². The fourth-order valence-electron chi connectivity index (χ4n) is 3.36. The zero-order chi connectivity index (χ0) is 20.5. The molecule has 0 radical (unpaired) electrons. The summed E-state index contributed by atoms with van der Waals surface area (Å²) in [5, 5.41) is 11.3. The van der Waals surface area contributed by atoms with Crippen molar-refractivity contribution in [3.05, 3.63) is 64.7 Å². The summed E-state index contributed by atoms with van der Waals surface area (Å²) in [5.41, 5.74) is -0.806. The summed E-state index contributed by atoms with van der Waals surface area (Å²) in [6, 6.07) is 9.99. The first kappa shape index (κ1) is 20.1. The number of fused-ring (bicyclic) bond motifs is 1. The Kier molecular flexibility index (Phi) is 5.58. The van der Waals surface area contributed by atoms with Crippen molar-refractivity contribution in [3.8, 4) is 11.5 Å². The van der Waals surface area contributed by atoms with Crippen molar-refractivity contribution in [2.75, 3.05) is 25.7 Å². The normalized spacial score (nSPS) is 18.0. The number of ketones is 1. The molecule has 0 bridgehead atoms. The van der Waals surface area contributed by atoms with Crippen molar-refractivity contribution < 1.29 is 24.2 Å². The molecule has 2 aromatic rings. The fourth-order valence-corrected chi connectivity index (χ4v) is 3.72. The predicted octanol–water partition coefficient (Wildman–Crippen LogP) is 3.46. The molecule has 1 heterocycles. The van der Waals surface area contributed by atoms with Gasteiger partial charge in [0.05, 0.1) is 31.9 Å². The van der Waals surface area contributed by atoms with E-state index in [0.717, 1.165) is 0 Å². The summed E-state index contributed by atoms with van der Waals surface area (Å²) >= 11 is 3.37. The Labute approximate surface area is 171 Å².